The Morgan fingerprint density at radius 2 is 2.07 bits per heavy atom. The molecule has 0 spiro atoms. The summed E-state index contributed by atoms with van der Waals surface area (Å²) in [5.74, 6) is 0.835. The van der Waals surface area contributed by atoms with Crippen LogP contribution < -0.4 is 5.32 Å². The van der Waals surface area contributed by atoms with E-state index in [0.29, 0.717) is 16.7 Å². The molecule has 0 bridgehead atoms. The molecule has 1 aromatic rings. The third kappa shape index (κ3) is 7.30. The highest BCUT2D eigenvalue weighted by molar-refractivity contribution is 6.31. The van der Waals surface area contributed by atoms with Gasteiger partial charge in [-0.2, -0.15) is 0 Å². The minimum Gasteiger partial charge on any atom is -0.386 e. The van der Waals surface area contributed by atoms with E-state index in [1.54, 1.807) is 13.2 Å². The fourth-order valence-electron chi connectivity index (χ4n) is 3.13. The van der Waals surface area contributed by atoms with Gasteiger partial charge in [-0.3, -0.25) is 4.99 Å². The first kappa shape index (κ1) is 22.0. The summed E-state index contributed by atoms with van der Waals surface area (Å²) in [6.07, 6.45) is 2.47. The molecule has 1 unspecified atom stereocenters. The van der Waals surface area contributed by atoms with Crippen LogP contribution in [0.4, 0.5) is 0 Å². The smallest absolute Gasteiger partial charge is 0.194 e. The molecule has 1 fully saturated rings. The summed E-state index contributed by atoms with van der Waals surface area (Å²) in [4.78, 5) is 6.87. The predicted octanol–water partition coefficient (Wildman–Crippen LogP) is 2.86. The van der Waals surface area contributed by atoms with Gasteiger partial charge in [0.1, 0.15) is 6.10 Å². The number of likely N-dealkylation sites (tertiary alicyclic amines) is 1. The zero-order chi connectivity index (χ0) is 19.5. The van der Waals surface area contributed by atoms with Crippen molar-refractivity contribution >= 4 is 17.6 Å². The highest BCUT2D eigenvalue weighted by Gasteiger charge is 2.22. The van der Waals surface area contributed by atoms with Crippen molar-refractivity contribution in [1.29, 1.82) is 0 Å². The van der Waals surface area contributed by atoms with Crippen LogP contribution in [0.25, 0.3) is 0 Å². The van der Waals surface area contributed by atoms with Crippen LogP contribution in [0.1, 0.15) is 37.9 Å². The first-order chi connectivity index (χ1) is 13.2. The number of hydrogen-bond acceptors (Lipinski definition) is 4. The average Bonchev–Trinajstić information content (AvgIpc) is 2.69. The van der Waals surface area contributed by atoms with E-state index in [-0.39, 0.29) is 6.54 Å². The molecule has 1 aliphatic rings. The Bertz CT molecular complexity index is 577. The Morgan fingerprint density at radius 1 is 1.33 bits per heavy atom. The van der Waals surface area contributed by atoms with Crippen molar-refractivity contribution in [2.24, 2.45) is 4.99 Å². The molecular weight excluding hydrogens is 366 g/mol. The number of benzene rings is 1. The first-order valence-corrected chi connectivity index (χ1v) is 10.1. The number of piperidine rings is 1. The van der Waals surface area contributed by atoms with E-state index in [2.05, 4.69) is 15.2 Å². The van der Waals surface area contributed by atoms with Crippen molar-refractivity contribution < 1.29 is 14.6 Å². The summed E-state index contributed by atoms with van der Waals surface area (Å²) in [6.45, 7) is 6.38. The molecule has 6 nitrogen and oxygen atoms in total. The van der Waals surface area contributed by atoms with E-state index in [1.165, 1.54) is 0 Å². The number of hydrogen-bond donors (Lipinski definition) is 2. The molecule has 0 saturated carbocycles. The molecule has 27 heavy (non-hydrogen) atoms. The summed E-state index contributed by atoms with van der Waals surface area (Å²) in [5.41, 5.74) is 0.710. The number of ether oxygens (including phenoxy) is 2. The maximum absolute atomic E-state index is 10.4. The Balaban J connectivity index is 1.86. The molecule has 2 rings (SSSR count). The molecule has 1 aliphatic heterocycles. The Hall–Kier alpha value is -1.34. The van der Waals surface area contributed by atoms with E-state index >= 15 is 0 Å². The van der Waals surface area contributed by atoms with Crippen molar-refractivity contribution in [3.63, 3.8) is 0 Å². The van der Waals surface area contributed by atoms with Crippen molar-refractivity contribution in [2.45, 2.75) is 38.4 Å². The highest BCUT2D eigenvalue weighted by Crippen LogP contribution is 2.23. The molecule has 152 valence electrons. The monoisotopic (exact) mass is 397 g/mol. The van der Waals surface area contributed by atoms with Crippen LogP contribution in [0.15, 0.2) is 29.3 Å². The number of aliphatic hydroxyl groups is 1. The van der Waals surface area contributed by atoms with Gasteiger partial charge in [0.25, 0.3) is 0 Å². The lowest BCUT2D eigenvalue weighted by Crippen LogP contribution is -2.47. The number of nitrogens with zero attached hydrogens (tertiary/aromatic N) is 2. The molecule has 0 aliphatic carbocycles. The number of aliphatic imine (C=N–C) groups is 1. The van der Waals surface area contributed by atoms with Crippen molar-refractivity contribution in [3.8, 4) is 0 Å². The average molecular weight is 398 g/mol. The second kappa shape index (κ2) is 12.2. The predicted molar refractivity (Wildman–Crippen MR) is 109 cm³/mol. The van der Waals surface area contributed by atoms with Gasteiger partial charge in [-0.1, -0.05) is 29.8 Å². The lowest BCUT2D eigenvalue weighted by Gasteiger charge is -2.34. The summed E-state index contributed by atoms with van der Waals surface area (Å²) < 4.78 is 11.0. The Kier molecular flexibility index (Phi) is 9.91. The van der Waals surface area contributed by atoms with Gasteiger partial charge in [0, 0.05) is 50.5 Å². The third-order valence-corrected chi connectivity index (χ3v) is 4.95. The SMILES string of the molecule is CCNC(=NCC(O)c1ccccc1Cl)N1CCC(OCCCOC)CC1. The van der Waals surface area contributed by atoms with Crippen molar-refractivity contribution in [2.75, 3.05) is 46.5 Å². The summed E-state index contributed by atoms with van der Waals surface area (Å²) in [6, 6.07) is 7.35. The molecule has 1 atom stereocenters. The lowest BCUT2D eigenvalue weighted by atomic mass is 10.1. The number of aliphatic hydroxyl groups excluding tert-OH is 1. The molecule has 2 N–H and O–H groups in total. The molecule has 0 radical (unpaired) electrons. The van der Waals surface area contributed by atoms with Crippen LogP contribution in [0.5, 0.6) is 0 Å². The van der Waals surface area contributed by atoms with E-state index in [1.807, 2.05) is 25.1 Å². The zero-order valence-electron chi connectivity index (χ0n) is 16.4. The lowest BCUT2D eigenvalue weighted by molar-refractivity contribution is 0.00986. The molecule has 0 amide bonds. The fraction of sp³-hybridized carbons (Fsp3) is 0.650. The summed E-state index contributed by atoms with van der Waals surface area (Å²) >= 11 is 6.17. The quantitative estimate of drug-likeness (QED) is 0.381. The largest absolute Gasteiger partial charge is 0.386 e. The van der Waals surface area contributed by atoms with Crippen LogP contribution in [0.2, 0.25) is 5.02 Å². The van der Waals surface area contributed by atoms with Crippen molar-refractivity contribution in [3.05, 3.63) is 34.9 Å². The molecule has 1 aromatic carbocycles. The van der Waals surface area contributed by atoms with E-state index in [4.69, 9.17) is 21.1 Å². The maximum atomic E-state index is 10.4. The Labute approximate surface area is 167 Å². The van der Waals surface area contributed by atoms with E-state index < -0.39 is 6.10 Å². The number of rotatable bonds is 9. The standard InChI is InChI=1S/C20H32ClN3O3/c1-3-22-20(23-15-19(25)17-7-4-5-8-18(17)21)24-11-9-16(10-12-24)27-14-6-13-26-2/h4-5,7-8,16,19,25H,3,6,9-15H2,1-2H3,(H,22,23). The van der Waals surface area contributed by atoms with E-state index in [9.17, 15) is 5.11 Å². The van der Waals surface area contributed by atoms with Gasteiger partial charge in [0.05, 0.1) is 12.6 Å². The summed E-state index contributed by atoms with van der Waals surface area (Å²) in [5, 5.41) is 14.3. The van der Waals surface area contributed by atoms with Gasteiger partial charge in [0.2, 0.25) is 0 Å². The first-order valence-electron chi connectivity index (χ1n) is 9.72. The highest BCUT2D eigenvalue weighted by atomic mass is 35.5. The van der Waals surface area contributed by atoms with E-state index in [0.717, 1.165) is 58.1 Å². The zero-order valence-corrected chi connectivity index (χ0v) is 17.1. The number of nitrogens with one attached hydrogen (secondary N) is 1. The Morgan fingerprint density at radius 3 is 2.74 bits per heavy atom. The van der Waals surface area contributed by atoms with Gasteiger partial charge in [-0.15, -0.1) is 0 Å². The van der Waals surface area contributed by atoms with Gasteiger partial charge >= 0.3 is 0 Å². The number of halogens is 1. The molecular formula is C20H32ClN3O3. The molecule has 1 saturated heterocycles. The van der Waals surface area contributed by atoms with Crippen molar-refractivity contribution in [1.82, 2.24) is 10.2 Å². The number of methoxy groups -OCH3 is 1. The fourth-order valence-corrected chi connectivity index (χ4v) is 3.39. The van der Waals surface area contributed by atoms with Gasteiger partial charge in [0.15, 0.2) is 5.96 Å². The van der Waals surface area contributed by atoms with Crippen LogP contribution in [-0.4, -0.2) is 68.6 Å². The minimum absolute atomic E-state index is 0.277. The van der Waals surface area contributed by atoms with Crippen LogP contribution in [0, 0.1) is 0 Å². The van der Waals surface area contributed by atoms with Gasteiger partial charge < -0.3 is 24.8 Å². The van der Waals surface area contributed by atoms with Crippen LogP contribution in [-0.2, 0) is 9.47 Å². The topological polar surface area (TPSA) is 66.3 Å². The van der Waals surface area contributed by atoms with Gasteiger partial charge in [-0.25, -0.2) is 0 Å². The molecule has 7 heteroatoms. The minimum atomic E-state index is -0.714. The summed E-state index contributed by atoms with van der Waals surface area (Å²) in [7, 11) is 1.71. The van der Waals surface area contributed by atoms with Crippen LogP contribution >= 0.6 is 11.6 Å². The number of guanidine groups is 1. The normalized spacial score (nSPS) is 17.2. The molecule has 1 heterocycles. The van der Waals surface area contributed by atoms with Crippen LogP contribution in [0.3, 0.4) is 0 Å². The second-order valence-corrected chi connectivity index (χ2v) is 7.04. The third-order valence-electron chi connectivity index (χ3n) is 4.60. The van der Waals surface area contributed by atoms with Gasteiger partial charge in [-0.05, 0) is 32.3 Å². The molecule has 0 aromatic heterocycles. The second-order valence-electron chi connectivity index (χ2n) is 6.64. The maximum Gasteiger partial charge on any atom is 0.194 e.